The van der Waals surface area contributed by atoms with Crippen molar-refractivity contribution < 1.29 is 19.4 Å². The quantitative estimate of drug-likeness (QED) is 0.700. The SMILES string of the molecule is O=C(O)[C@@H]1COCCN1C1CCOCC1. The highest BCUT2D eigenvalue weighted by molar-refractivity contribution is 5.73. The van der Waals surface area contributed by atoms with E-state index in [2.05, 4.69) is 4.90 Å². The summed E-state index contributed by atoms with van der Waals surface area (Å²) in [6.07, 6.45) is 1.87. The van der Waals surface area contributed by atoms with Crippen molar-refractivity contribution in [1.82, 2.24) is 4.90 Å². The number of aliphatic carboxylic acids is 1. The second-order valence-electron chi connectivity index (χ2n) is 4.01. The lowest BCUT2D eigenvalue weighted by Crippen LogP contribution is -2.55. The van der Waals surface area contributed by atoms with Gasteiger partial charge in [0, 0.05) is 25.8 Å². The van der Waals surface area contributed by atoms with Gasteiger partial charge in [-0.3, -0.25) is 9.69 Å². The normalized spacial score (nSPS) is 30.3. The Balaban J connectivity index is 1.99. The molecule has 5 heteroatoms. The molecule has 15 heavy (non-hydrogen) atoms. The van der Waals surface area contributed by atoms with Crippen LogP contribution in [0.3, 0.4) is 0 Å². The average Bonchev–Trinajstić information content (AvgIpc) is 2.30. The van der Waals surface area contributed by atoms with Gasteiger partial charge in [-0.1, -0.05) is 0 Å². The van der Waals surface area contributed by atoms with Crippen molar-refractivity contribution in [1.29, 1.82) is 0 Å². The van der Waals surface area contributed by atoms with E-state index in [4.69, 9.17) is 14.6 Å². The molecule has 2 heterocycles. The molecule has 0 spiro atoms. The van der Waals surface area contributed by atoms with Crippen LogP contribution >= 0.6 is 0 Å². The third-order valence-corrected chi connectivity index (χ3v) is 3.11. The Hall–Kier alpha value is -0.650. The molecule has 2 saturated heterocycles. The fourth-order valence-corrected chi connectivity index (χ4v) is 2.28. The van der Waals surface area contributed by atoms with Gasteiger partial charge in [-0.25, -0.2) is 0 Å². The predicted molar refractivity (Wildman–Crippen MR) is 52.8 cm³/mol. The summed E-state index contributed by atoms with van der Waals surface area (Å²) < 4.78 is 10.5. The standard InChI is InChI=1S/C10H17NO4/c12-10(13)9-7-15-6-3-11(9)8-1-4-14-5-2-8/h8-9H,1-7H2,(H,12,13)/t9-/m0/s1. The number of hydrogen-bond acceptors (Lipinski definition) is 4. The molecule has 0 aromatic rings. The van der Waals surface area contributed by atoms with Gasteiger partial charge in [0.1, 0.15) is 6.04 Å². The minimum atomic E-state index is -0.777. The van der Waals surface area contributed by atoms with E-state index in [1.807, 2.05) is 0 Å². The molecule has 0 saturated carbocycles. The van der Waals surface area contributed by atoms with Crippen molar-refractivity contribution in [3.8, 4) is 0 Å². The maximum Gasteiger partial charge on any atom is 0.323 e. The van der Waals surface area contributed by atoms with Crippen molar-refractivity contribution in [3.63, 3.8) is 0 Å². The first-order valence-corrected chi connectivity index (χ1v) is 5.43. The van der Waals surface area contributed by atoms with Crippen LogP contribution in [0.25, 0.3) is 0 Å². The molecule has 2 rings (SSSR count). The highest BCUT2D eigenvalue weighted by Gasteiger charge is 2.34. The first kappa shape index (κ1) is 10.9. The van der Waals surface area contributed by atoms with Crippen molar-refractivity contribution in [2.75, 3.05) is 33.0 Å². The van der Waals surface area contributed by atoms with Gasteiger partial charge in [0.05, 0.1) is 13.2 Å². The zero-order valence-electron chi connectivity index (χ0n) is 8.72. The number of hydrogen-bond donors (Lipinski definition) is 1. The fraction of sp³-hybridized carbons (Fsp3) is 0.900. The average molecular weight is 215 g/mol. The largest absolute Gasteiger partial charge is 0.480 e. The van der Waals surface area contributed by atoms with Crippen molar-refractivity contribution in [2.45, 2.75) is 24.9 Å². The Kier molecular flexibility index (Phi) is 3.56. The maximum absolute atomic E-state index is 11.1. The first-order chi connectivity index (χ1) is 7.29. The highest BCUT2D eigenvalue weighted by atomic mass is 16.5. The van der Waals surface area contributed by atoms with E-state index in [9.17, 15) is 4.79 Å². The van der Waals surface area contributed by atoms with Crippen molar-refractivity contribution in [2.24, 2.45) is 0 Å². The lowest BCUT2D eigenvalue weighted by molar-refractivity contribution is -0.153. The number of rotatable bonds is 2. The van der Waals surface area contributed by atoms with Crippen LogP contribution in [-0.4, -0.2) is 61.0 Å². The summed E-state index contributed by atoms with van der Waals surface area (Å²) in [5.41, 5.74) is 0. The van der Waals surface area contributed by atoms with Gasteiger partial charge in [0.2, 0.25) is 0 Å². The number of nitrogens with zero attached hydrogens (tertiary/aromatic N) is 1. The van der Waals surface area contributed by atoms with Gasteiger partial charge in [-0.05, 0) is 12.8 Å². The summed E-state index contributed by atoms with van der Waals surface area (Å²) >= 11 is 0. The molecule has 86 valence electrons. The molecule has 0 aromatic heterocycles. The van der Waals surface area contributed by atoms with Gasteiger partial charge < -0.3 is 14.6 Å². The predicted octanol–water partition coefficient (Wildman–Crippen LogP) is -0.0492. The molecule has 0 amide bonds. The second kappa shape index (κ2) is 4.92. The minimum Gasteiger partial charge on any atom is -0.480 e. The zero-order chi connectivity index (χ0) is 10.7. The molecule has 0 unspecified atom stereocenters. The van der Waals surface area contributed by atoms with Gasteiger partial charge in [-0.2, -0.15) is 0 Å². The van der Waals surface area contributed by atoms with E-state index in [1.54, 1.807) is 0 Å². The molecule has 1 N–H and O–H groups in total. The zero-order valence-corrected chi connectivity index (χ0v) is 8.72. The van der Waals surface area contributed by atoms with Gasteiger partial charge in [-0.15, -0.1) is 0 Å². The van der Waals surface area contributed by atoms with Gasteiger partial charge >= 0.3 is 5.97 Å². The lowest BCUT2D eigenvalue weighted by atomic mass is 10.0. The minimum absolute atomic E-state index is 0.312. The number of ether oxygens (including phenoxy) is 2. The Morgan fingerprint density at radius 2 is 1.93 bits per heavy atom. The summed E-state index contributed by atoms with van der Waals surface area (Å²) in [5.74, 6) is -0.777. The first-order valence-electron chi connectivity index (χ1n) is 5.43. The van der Waals surface area contributed by atoms with Crippen LogP contribution in [-0.2, 0) is 14.3 Å². The van der Waals surface area contributed by atoms with E-state index in [0.717, 1.165) is 32.6 Å². The maximum atomic E-state index is 11.1. The van der Waals surface area contributed by atoms with E-state index in [-0.39, 0.29) is 0 Å². The summed E-state index contributed by atoms with van der Waals surface area (Å²) in [5, 5.41) is 9.09. The van der Waals surface area contributed by atoms with Crippen LogP contribution in [0.1, 0.15) is 12.8 Å². The smallest absolute Gasteiger partial charge is 0.323 e. The van der Waals surface area contributed by atoms with Gasteiger partial charge in [0.25, 0.3) is 0 Å². The summed E-state index contributed by atoms with van der Waals surface area (Å²) in [7, 11) is 0. The highest BCUT2D eigenvalue weighted by Crippen LogP contribution is 2.19. The molecule has 2 fully saturated rings. The molecule has 2 aliphatic heterocycles. The van der Waals surface area contributed by atoms with Crippen LogP contribution in [0.5, 0.6) is 0 Å². The molecular weight excluding hydrogens is 198 g/mol. The Morgan fingerprint density at radius 3 is 2.60 bits per heavy atom. The van der Waals surface area contributed by atoms with Crippen molar-refractivity contribution in [3.05, 3.63) is 0 Å². The van der Waals surface area contributed by atoms with Crippen LogP contribution < -0.4 is 0 Å². The summed E-state index contributed by atoms with van der Waals surface area (Å²) in [6, 6.07) is -0.120. The second-order valence-corrected chi connectivity index (χ2v) is 4.01. The molecule has 0 aromatic carbocycles. The lowest BCUT2D eigenvalue weighted by Gasteiger charge is -2.40. The molecule has 1 atom stereocenters. The molecule has 0 bridgehead atoms. The summed E-state index contributed by atoms with van der Waals surface area (Å²) in [4.78, 5) is 13.1. The van der Waals surface area contributed by atoms with Gasteiger partial charge in [0.15, 0.2) is 0 Å². The molecule has 2 aliphatic rings. The molecule has 0 radical (unpaired) electrons. The van der Waals surface area contributed by atoms with Crippen LogP contribution in [0.15, 0.2) is 0 Å². The Labute approximate surface area is 89.0 Å². The Bertz CT molecular complexity index is 227. The monoisotopic (exact) mass is 215 g/mol. The Morgan fingerprint density at radius 1 is 1.20 bits per heavy atom. The van der Waals surface area contributed by atoms with E-state index < -0.39 is 12.0 Å². The molecular formula is C10H17NO4. The van der Waals surface area contributed by atoms with E-state index in [0.29, 0.717) is 19.3 Å². The molecule has 5 nitrogen and oxygen atoms in total. The number of carboxylic acid groups (broad SMARTS) is 1. The summed E-state index contributed by atoms with van der Waals surface area (Å²) in [6.45, 7) is 3.16. The number of carbonyl (C=O) groups is 1. The van der Waals surface area contributed by atoms with Crippen molar-refractivity contribution >= 4 is 5.97 Å². The number of carboxylic acids is 1. The van der Waals surface area contributed by atoms with Crippen LogP contribution in [0.2, 0.25) is 0 Å². The topological polar surface area (TPSA) is 59.0 Å². The van der Waals surface area contributed by atoms with E-state index >= 15 is 0 Å². The fourth-order valence-electron chi connectivity index (χ4n) is 2.28. The van der Waals surface area contributed by atoms with E-state index in [1.165, 1.54) is 0 Å². The number of morpholine rings is 1. The third-order valence-electron chi connectivity index (χ3n) is 3.11. The van der Waals surface area contributed by atoms with Crippen LogP contribution in [0.4, 0.5) is 0 Å². The van der Waals surface area contributed by atoms with Crippen LogP contribution in [0, 0.1) is 0 Å². The third kappa shape index (κ3) is 2.48. The molecule has 0 aliphatic carbocycles.